The second-order valence-electron chi connectivity index (χ2n) is 8.64. The lowest BCUT2D eigenvalue weighted by molar-refractivity contribution is -0.139. The number of nitrogens with zero attached hydrogens (tertiary/aromatic N) is 1. The molecular weight excluding hydrogens is 338 g/mol. The summed E-state index contributed by atoms with van der Waals surface area (Å²) in [4.78, 5) is 27.4. The molecule has 1 aromatic rings. The third-order valence-electron chi connectivity index (χ3n) is 6.94. The van der Waals surface area contributed by atoms with E-state index >= 15 is 0 Å². The number of hydrogen-bond acceptors (Lipinski definition) is 3. The molecule has 5 nitrogen and oxygen atoms in total. The Morgan fingerprint density at radius 2 is 1.59 bits per heavy atom. The predicted octanol–water partition coefficient (Wildman–Crippen LogP) is 2.56. The molecule has 3 fully saturated rings. The molecule has 27 heavy (non-hydrogen) atoms. The molecule has 4 rings (SSSR count). The number of nitrogens with one attached hydrogen (secondary N) is 1. The minimum Gasteiger partial charge on any atom is -0.349 e. The van der Waals surface area contributed by atoms with Crippen molar-refractivity contribution in [2.24, 2.45) is 23.5 Å². The van der Waals surface area contributed by atoms with Crippen LogP contribution in [0, 0.1) is 17.8 Å². The summed E-state index contributed by atoms with van der Waals surface area (Å²) in [5.74, 6) is 1.54. The molecule has 0 aromatic heterocycles. The highest BCUT2D eigenvalue weighted by atomic mass is 16.2. The van der Waals surface area contributed by atoms with Gasteiger partial charge >= 0.3 is 0 Å². The fourth-order valence-corrected chi connectivity index (χ4v) is 5.35. The molecule has 1 aromatic carbocycles. The van der Waals surface area contributed by atoms with E-state index < -0.39 is 0 Å². The molecule has 3 aliphatic rings. The van der Waals surface area contributed by atoms with Gasteiger partial charge in [0, 0.05) is 36.7 Å². The van der Waals surface area contributed by atoms with Crippen LogP contribution >= 0.6 is 0 Å². The highest BCUT2D eigenvalue weighted by molar-refractivity contribution is 5.94. The number of amides is 2. The van der Waals surface area contributed by atoms with Gasteiger partial charge in [0.2, 0.25) is 5.91 Å². The molecule has 2 bridgehead atoms. The number of likely N-dealkylation sites (tertiary alicyclic amines) is 1. The van der Waals surface area contributed by atoms with E-state index in [1.807, 2.05) is 35.2 Å². The Balaban J connectivity index is 1.28. The highest BCUT2D eigenvalue weighted by Crippen LogP contribution is 2.42. The number of piperidine rings is 1. The van der Waals surface area contributed by atoms with Gasteiger partial charge in [-0.1, -0.05) is 24.6 Å². The van der Waals surface area contributed by atoms with Crippen LogP contribution in [0.2, 0.25) is 0 Å². The van der Waals surface area contributed by atoms with Crippen molar-refractivity contribution in [1.82, 2.24) is 10.2 Å². The molecular formula is C22H31N3O2. The predicted molar refractivity (Wildman–Crippen MR) is 105 cm³/mol. The number of fused-ring (bicyclic) bond motifs is 2. The number of benzene rings is 1. The first-order chi connectivity index (χ1) is 13.1. The summed E-state index contributed by atoms with van der Waals surface area (Å²) in [5.41, 5.74) is 7.07. The summed E-state index contributed by atoms with van der Waals surface area (Å²) in [7, 11) is 0. The smallest absolute Gasteiger partial charge is 0.251 e. The average molecular weight is 370 g/mol. The van der Waals surface area contributed by atoms with Gasteiger partial charge in [-0.15, -0.1) is 0 Å². The molecule has 2 saturated carbocycles. The van der Waals surface area contributed by atoms with Crippen LogP contribution in [0.25, 0.3) is 0 Å². The van der Waals surface area contributed by atoms with E-state index in [1.165, 1.54) is 19.3 Å². The summed E-state index contributed by atoms with van der Waals surface area (Å²) in [6.45, 7) is 1.49. The molecule has 5 heteroatoms. The molecule has 0 spiro atoms. The number of carbonyl (C=O) groups is 2. The van der Waals surface area contributed by atoms with Crippen LogP contribution in [-0.4, -0.2) is 41.9 Å². The topological polar surface area (TPSA) is 75.4 Å². The number of nitrogens with two attached hydrogens (primary N) is 1. The zero-order valence-electron chi connectivity index (χ0n) is 16.0. The zero-order chi connectivity index (χ0) is 18.8. The monoisotopic (exact) mass is 369 g/mol. The number of hydrogen-bond donors (Lipinski definition) is 2. The minimum atomic E-state index is -0.0190. The molecule has 2 atom stereocenters. The Bertz CT molecular complexity index is 655. The van der Waals surface area contributed by atoms with Crippen molar-refractivity contribution in [3.63, 3.8) is 0 Å². The van der Waals surface area contributed by atoms with Crippen LogP contribution < -0.4 is 11.1 Å². The Kier molecular flexibility index (Phi) is 5.48. The van der Waals surface area contributed by atoms with Crippen LogP contribution in [0.4, 0.5) is 0 Å². The minimum absolute atomic E-state index is 0.0190. The van der Waals surface area contributed by atoms with E-state index in [-0.39, 0.29) is 17.9 Å². The van der Waals surface area contributed by atoms with E-state index in [9.17, 15) is 9.59 Å². The lowest BCUT2D eigenvalue weighted by atomic mass is 9.65. The van der Waals surface area contributed by atoms with Gasteiger partial charge in [-0.3, -0.25) is 9.59 Å². The summed E-state index contributed by atoms with van der Waals surface area (Å²) < 4.78 is 0. The van der Waals surface area contributed by atoms with E-state index in [4.69, 9.17) is 5.73 Å². The Labute approximate surface area is 161 Å². The van der Waals surface area contributed by atoms with Crippen molar-refractivity contribution < 1.29 is 9.59 Å². The number of carbonyl (C=O) groups excluding carboxylic acids is 2. The van der Waals surface area contributed by atoms with E-state index in [0.717, 1.165) is 38.8 Å². The maximum absolute atomic E-state index is 13.0. The molecule has 1 aliphatic heterocycles. The van der Waals surface area contributed by atoms with Crippen LogP contribution in [0.3, 0.4) is 0 Å². The van der Waals surface area contributed by atoms with E-state index in [0.29, 0.717) is 29.3 Å². The summed E-state index contributed by atoms with van der Waals surface area (Å²) in [6, 6.07) is 9.79. The molecule has 1 heterocycles. The highest BCUT2D eigenvalue weighted by Gasteiger charge is 2.42. The van der Waals surface area contributed by atoms with Crippen LogP contribution in [0.15, 0.2) is 30.3 Å². The Morgan fingerprint density at radius 1 is 0.963 bits per heavy atom. The van der Waals surface area contributed by atoms with Gasteiger partial charge in [0.05, 0.1) is 0 Å². The fraction of sp³-hybridized carbons (Fsp3) is 0.636. The van der Waals surface area contributed by atoms with Crippen molar-refractivity contribution in [3.05, 3.63) is 35.9 Å². The number of rotatable bonds is 3. The van der Waals surface area contributed by atoms with Gasteiger partial charge in [0.15, 0.2) is 0 Å². The van der Waals surface area contributed by atoms with Crippen molar-refractivity contribution >= 4 is 11.8 Å². The largest absolute Gasteiger partial charge is 0.349 e. The van der Waals surface area contributed by atoms with Crippen molar-refractivity contribution in [3.8, 4) is 0 Å². The molecule has 2 aliphatic carbocycles. The maximum atomic E-state index is 13.0. The molecule has 146 valence electrons. The lowest BCUT2D eigenvalue weighted by Crippen LogP contribution is -2.52. The fourth-order valence-electron chi connectivity index (χ4n) is 5.35. The molecule has 3 N–H and O–H groups in total. The molecule has 2 amide bonds. The zero-order valence-corrected chi connectivity index (χ0v) is 16.0. The van der Waals surface area contributed by atoms with Gasteiger partial charge in [-0.2, -0.15) is 0 Å². The van der Waals surface area contributed by atoms with Crippen LogP contribution in [0.1, 0.15) is 55.3 Å². The second-order valence-corrected chi connectivity index (χ2v) is 8.64. The third kappa shape index (κ3) is 4.03. The Hall–Kier alpha value is -1.88. The molecule has 2 unspecified atom stereocenters. The molecule has 1 saturated heterocycles. The van der Waals surface area contributed by atoms with Gasteiger partial charge in [0.1, 0.15) is 0 Å². The van der Waals surface area contributed by atoms with E-state index in [2.05, 4.69) is 5.32 Å². The first-order valence-electron chi connectivity index (χ1n) is 10.5. The first kappa shape index (κ1) is 18.5. The SMILES string of the molecule is NC1C2CCCC1CC(C(=O)N1CCC(NC(=O)c3ccccc3)CC1)C2. The Morgan fingerprint density at radius 3 is 2.22 bits per heavy atom. The average Bonchev–Trinajstić information content (AvgIpc) is 2.68. The lowest BCUT2D eigenvalue weighted by Gasteiger charge is -2.45. The van der Waals surface area contributed by atoms with Gasteiger partial charge in [-0.05, 0) is 62.5 Å². The van der Waals surface area contributed by atoms with E-state index in [1.54, 1.807) is 0 Å². The van der Waals surface area contributed by atoms with Crippen LogP contribution in [0.5, 0.6) is 0 Å². The van der Waals surface area contributed by atoms with Gasteiger partial charge in [-0.25, -0.2) is 0 Å². The van der Waals surface area contributed by atoms with Gasteiger partial charge in [0.25, 0.3) is 5.91 Å². The molecule has 0 radical (unpaired) electrons. The van der Waals surface area contributed by atoms with Crippen molar-refractivity contribution in [1.29, 1.82) is 0 Å². The van der Waals surface area contributed by atoms with Gasteiger partial charge < -0.3 is 16.0 Å². The summed E-state index contributed by atoms with van der Waals surface area (Å²) in [5, 5.41) is 3.12. The summed E-state index contributed by atoms with van der Waals surface area (Å²) in [6.07, 6.45) is 7.27. The standard InChI is InChI=1S/C22H31N3O2/c23-20-16-7-4-8-17(20)14-18(13-16)22(27)25-11-9-19(10-12-25)24-21(26)15-5-2-1-3-6-15/h1-3,5-6,16-20H,4,7-14,23H2,(H,24,26). The second kappa shape index (κ2) is 8.01. The maximum Gasteiger partial charge on any atom is 0.251 e. The van der Waals surface area contributed by atoms with Crippen molar-refractivity contribution in [2.75, 3.05) is 13.1 Å². The quantitative estimate of drug-likeness (QED) is 0.860. The summed E-state index contributed by atoms with van der Waals surface area (Å²) >= 11 is 0. The first-order valence-corrected chi connectivity index (χ1v) is 10.5. The van der Waals surface area contributed by atoms with Crippen LogP contribution in [-0.2, 0) is 4.79 Å². The third-order valence-corrected chi connectivity index (χ3v) is 6.94. The van der Waals surface area contributed by atoms with Crippen molar-refractivity contribution in [2.45, 2.75) is 57.0 Å². The normalized spacial score (nSPS) is 31.4.